The topological polar surface area (TPSA) is 171 Å². The van der Waals surface area contributed by atoms with E-state index in [1.807, 2.05) is 9.80 Å². The van der Waals surface area contributed by atoms with E-state index in [0.29, 0.717) is 37.6 Å². The molecule has 2 aliphatic rings. The van der Waals surface area contributed by atoms with Crippen LogP contribution in [0.2, 0.25) is 15.1 Å². The van der Waals surface area contributed by atoms with Crippen LogP contribution < -0.4 is 21.3 Å². The van der Waals surface area contributed by atoms with Crippen LogP contribution in [0.4, 0.5) is 31.5 Å². The smallest absolute Gasteiger partial charge is 0.258 e. The van der Waals surface area contributed by atoms with E-state index >= 15 is 0 Å². The zero-order chi connectivity index (χ0) is 49.0. The van der Waals surface area contributed by atoms with Gasteiger partial charge in [0.2, 0.25) is 0 Å². The maximum atomic E-state index is 14.9. The molecule has 0 aromatic heterocycles. The summed E-state index contributed by atoms with van der Waals surface area (Å²) in [6.07, 6.45) is 6.28. The number of likely N-dealkylation sites (tertiary alicyclic amines) is 2. The molecule has 6 aromatic rings. The van der Waals surface area contributed by atoms with Crippen LogP contribution in [0.3, 0.4) is 0 Å². The third kappa shape index (κ3) is 13.1. The first-order valence-corrected chi connectivity index (χ1v) is 23.3. The number of amides is 4. The van der Waals surface area contributed by atoms with Crippen molar-refractivity contribution in [1.29, 1.82) is 10.8 Å². The minimum Gasteiger partial charge on any atom is -0.357 e. The molecular formula is C52H47Cl3F2N8O4. The first-order valence-electron chi connectivity index (χ1n) is 22.2. The summed E-state index contributed by atoms with van der Waals surface area (Å²) in [7, 11) is 0. The lowest BCUT2D eigenvalue weighted by Gasteiger charge is -2.29. The van der Waals surface area contributed by atoms with Crippen LogP contribution in [0.1, 0.15) is 91.1 Å². The fourth-order valence-electron chi connectivity index (χ4n) is 7.74. The van der Waals surface area contributed by atoms with Gasteiger partial charge in [0.05, 0.1) is 33.6 Å². The lowest BCUT2D eigenvalue weighted by atomic mass is 10.1. The number of carbonyl (C=O) groups is 4. The van der Waals surface area contributed by atoms with Gasteiger partial charge in [-0.25, -0.2) is 8.78 Å². The minimum absolute atomic E-state index is 0.115. The van der Waals surface area contributed by atoms with Crippen molar-refractivity contribution in [1.82, 2.24) is 9.80 Å². The van der Waals surface area contributed by atoms with Crippen molar-refractivity contribution in [2.75, 3.05) is 47.4 Å². The lowest BCUT2D eigenvalue weighted by molar-refractivity contribution is 0.100. The van der Waals surface area contributed by atoms with E-state index in [2.05, 4.69) is 21.3 Å². The number of piperidine rings is 2. The third-order valence-electron chi connectivity index (χ3n) is 11.4. The summed E-state index contributed by atoms with van der Waals surface area (Å²) in [4.78, 5) is 55.2. The van der Waals surface area contributed by atoms with Gasteiger partial charge in [0.1, 0.15) is 23.3 Å². The van der Waals surface area contributed by atoms with E-state index in [1.165, 1.54) is 42.5 Å². The normalized spacial score (nSPS) is 13.3. The summed E-state index contributed by atoms with van der Waals surface area (Å²) in [5, 5.41) is 28.8. The van der Waals surface area contributed by atoms with Crippen LogP contribution in [0, 0.1) is 22.5 Å². The molecule has 17 heteroatoms. The van der Waals surface area contributed by atoms with Crippen LogP contribution in [-0.2, 0) is 0 Å². The minimum atomic E-state index is -0.747. The summed E-state index contributed by atoms with van der Waals surface area (Å²) in [5.41, 5.74) is 2.32. The van der Waals surface area contributed by atoms with Crippen molar-refractivity contribution in [2.45, 2.75) is 38.5 Å². The SMILES string of the molecule is N=C(c1ccc(C(=O)Nc2ccc(Cl)cc2C(=O)Nc2ccc(Cl)cc2)c(F)c1)N1CCCCC1.N=C(c1ccc(C(=O)Nc2ccccc2C(=O)Nc2ccc(Cl)cc2)c(F)c1)N1CCCCC1. The molecule has 69 heavy (non-hydrogen) atoms. The number of para-hydroxylation sites is 1. The second-order valence-electron chi connectivity index (χ2n) is 16.2. The molecule has 2 aliphatic heterocycles. The number of anilines is 4. The monoisotopic (exact) mass is 990 g/mol. The summed E-state index contributed by atoms with van der Waals surface area (Å²) in [6.45, 7) is 3.08. The van der Waals surface area contributed by atoms with Gasteiger partial charge in [0.25, 0.3) is 23.6 Å². The van der Waals surface area contributed by atoms with Gasteiger partial charge < -0.3 is 31.1 Å². The zero-order valence-electron chi connectivity index (χ0n) is 37.1. The second-order valence-corrected chi connectivity index (χ2v) is 17.6. The van der Waals surface area contributed by atoms with Crippen LogP contribution in [0.25, 0.3) is 0 Å². The molecule has 2 heterocycles. The Hall–Kier alpha value is -7.13. The molecule has 0 spiro atoms. The molecule has 0 saturated carbocycles. The maximum Gasteiger partial charge on any atom is 0.258 e. The molecule has 2 saturated heterocycles. The Bertz CT molecular complexity index is 2890. The molecule has 0 aliphatic carbocycles. The van der Waals surface area contributed by atoms with Gasteiger partial charge >= 0.3 is 0 Å². The Morgan fingerprint density at radius 2 is 0.812 bits per heavy atom. The van der Waals surface area contributed by atoms with Gasteiger partial charge in [-0.15, -0.1) is 0 Å². The number of rotatable bonds is 10. The molecule has 0 atom stereocenters. The van der Waals surface area contributed by atoms with Crippen molar-refractivity contribution >= 4 is 92.9 Å². The van der Waals surface area contributed by atoms with Gasteiger partial charge in [-0.1, -0.05) is 59.1 Å². The number of hydrogen-bond acceptors (Lipinski definition) is 6. The molecular weight excluding hydrogens is 945 g/mol. The highest BCUT2D eigenvalue weighted by atomic mass is 35.5. The summed E-state index contributed by atoms with van der Waals surface area (Å²) in [6, 6.07) is 32.4. The van der Waals surface area contributed by atoms with Crippen LogP contribution in [-0.4, -0.2) is 71.3 Å². The summed E-state index contributed by atoms with van der Waals surface area (Å²) >= 11 is 17.8. The number of nitrogens with zero attached hydrogens (tertiary/aromatic N) is 2. The second kappa shape index (κ2) is 23.3. The quantitative estimate of drug-likeness (QED) is 0.0589. The fourth-order valence-corrected chi connectivity index (χ4v) is 8.16. The van der Waals surface area contributed by atoms with Crippen LogP contribution >= 0.6 is 34.8 Å². The van der Waals surface area contributed by atoms with Crippen molar-refractivity contribution in [3.05, 3.63) is 187 Å². The van der Waals surface area contributed by atoms with Crippen molar-refractivity contribution in [3.8, 4) is 0 Å². The van der Waals surface area contributed by atoms with Gasteiger partial charge in [0, 0.05) is 63.7 Å². The number of hydrogen-bond donors (Lipinski definition) is 6. The number of benzene rings is 6. The molecule has 4 amide bonds. The van der Waals surface area contributed by atoms with Gasteiger partial charge in [-0.05, 0) is 142 Å². The largest absolute Gasteiger partial charge is 0.357 e. The van der Waals surface area contributed by atoms with Crippen LogP contribution in [0.15, 0.2) is 127 Å². The molecule has 8 rings (SSSR count). The van der Waals surface area contributed by atoms with E-state index in [4.69, 9.17) is 45.6 Å². The third-order valence-corrected chi connectivity index (χ3v) is 12.2. The predicted molar refractivity (Wildman–Crippen MR) is 270 cm³/mol. The number of amidine groups is 2. The van der Waals surface area contributed by atoms with E-state index in [0.717, 1.165) is 64.7 Å². The molecule has 0 radical (unpaired) electrons. The highest BCUT2D eigenvalue weighted by Crippen LogP contribution is 2.26. The number of nitrogens with one attached hydrogen (secondary N) is 6. The van der Waals surface area contributed by atoms with Gasteiger partial charge in [0.15, 0.2) is 0 Å². The van der Waals surface area contributed by atoms with Gasteiger partial charge in [-0.2, -0.15) is 0 Å². The van der Waals surface area contributed by atoms with E-state index in [-0.39, 0.29) is 45.3 Å². The zero-order valence-corrected chi connectivity index (χ0v) is 39.4. The molecule has 12 nitrogen and oxygen atoms in total. The highest BCUT2D eigenvalue weighted by molar-refractivity contribution is 6.32. The van der Waals surface area contributed by atoms with Crippen molar-refractivity contribution in [2.24, 2.45) is 0 Å². The number of halogens is 5. The average Bonchev–Trinajstić information content (AvgIpc) is 3.36. The fraction of sp³-hybridized carbons (Fsp3) is 0.192. The Morgan fingerprint density at radius 3 is 1.26 bits per heavy atom. The molecule has 6 aromatic carbocycles. The van der Waals surface area contributed by atoms with Crippen molar-refractivity contribution < 1.29 is 28.0 Å². The first kappa shape index (κ1) is 49.8. The molecule has 0 unspecified atom stereocenters. The summed E-state index contributed by atoms with van der Waals surface area (Å²) < 4.78 is 29.7. The van der Waals surface area contributed by atoms with E-state index < -0.39 is 35.3 Å². The summed E-state index contributed by atoms with van der Waals surface area (Å²) in [5.74, 6) is -3.30. The van der Waals surface area contributed by atoms with Crippen molar-refractivity contribution in [3.63, 3.8) is 0 Å². The molecule has 354 valence electrons. The molecule has 0 bridgehead atoms. The Labute approximate surface area is 413 Å². The highest BCUT2D eigenvalue weighted by Gasteiger charge is 2.23. The van der Waals surface area contributed by atoms with Crippen LogP contribution in [0.5, 0.6) is 0 Å². The predicted octanol–water partition coefficient (Wildman–Crippen LogP) is 12.2. The van der Waals surface area contributed by atoms with Gasteiger partial charge in [-0.3, -0.25) is 30.0 Å². The number of carbonyl (C=O) groups excluding carboxylic acids is 4. The van der Waals surface area contributed by atoms with E-state index in [1.54, 1.807) is 84.9 Å². The van der Waals surface area contributed by atoms with E-state index in [9.17, 15) is 28.0 Å². The standard InChI is InChI=1S/C26H23Cl2FN4O2.C26H24ClFN4O2/c27-17-5-8-19(9-6-17)31-26(35)21-15-18(28)7-11-23(21)32-25(34)20-10-4-16(14-22(20)29)24(30)33-12-2-1-3-13-33;27-18-9-11-19(12-10-18)30-26(34)21-6-2-3-7-23(21)31-25(33)20-13-8-17(16-22(20)28)24(29)32-14-4-1-5-15-32/h4-11,14-15,30H,1-3,12-13H2,(H,31,35)(H,32,34);2-3,6-13,16,29H,1,4-5,14-15H2,(H,30,34)(H,31,33). The Balaban J connectivity index is 0.000000204. The molecule has 6 N–H and O–H groups in total. The maximum absolute atomic E-state index is 14.9. The lowest BCUT2D eigenvalue weighted by Crippen LogP contribution is -2.35. The Morgan fingerprint density at radius 1 is 0.420 bits per heavy atom. The molecule has 2 fully saturated rings. The first-order chi connectivity index (χ1) is 33.2. The average molecular weight is 992 g/mol. The Kier molecular flexibility index (Phi) is 16.8.